The molecule has 0 spiro atoms. The number of ether oxygens (including phenoxy) is 3. The van der Waals surface area contributed by atoms with E-state index in [-0.39, 0.29) is 17.4 Å². The summed E-state index contributed by atoms with van der Waals surface area (Å²) in [7, 11) is 1.37. The number of carbonyl (C=O) groups excluding carboxylic acids is 1. The van der Waals surface area contributed by atoms with E-state index in [2.05, 4.69) is 0 Å². The third kappa shape index (κ3) is 2.85. The molecule has 1 N–H and O–H groups in total. The lowest BCUT2D eigenvalue weighted by Gasteiger charge is -2.16. The van der Waals surface area contributed by atoms with E-state index in [0.29, 0.717) is 19.0 Å². The first kappa shape index (κ1) is 13.4. The third-order valence-corrected chi connectivity index (χ3v) is 2.80. The van der Waals surface area contributed by atoms with Crippen molar-refractivity contribution in [2.45, 2.75) is 12.5 Å². The molecule has 6 heteroatoms. The minimum Gasteiger partial charge on any atom is -0.492 e. The normalized spacial score (nSPS) is 18.1. The van der Waals surface area contributed by atoms with Crippen molar-refractivity contribution >= 4 is 11.8 Å². The number of carboxylic acids is 1. The van der Waals surface area contributed by atoms with Gasteiger partial charge in [0.1, 0.15) is 6.10 Å². The van der Waals surface area contributed by atoms with E-state index in [9.17, 15) is 9.59 Å². The van der Waals surface area contributed by atoms with Crippen molar-refractivity contribution in [2.24, 2.45) is 0 Å². The molecular weight excluding hydrogens is 252 g/mol. The Morgan fingerprint density at radius 1 is 1.42 bits per heavy atom. The van der Waals surface area contributed by atoms with Gasteiger partial charge >= 0.3 is 5.97 Å². The minimum absolute atomic E-state index is 0.0218. The average Bonchev–Trinajstić information content (AvgIpc) is 2.90. The summed E-state index contributed by atoms with van der Waals surface area (Å²) in [6.45, 7) is 1.10. The number of carbonyl (C=O) groups is 2. The van der Waals surface area contributed by atoms with E-state index in [4.69, 9.17) is 19.3 Å². The number of aliphatic carboxylic acids is 1. The number of carboxylic acid groups (broad SMARTS) is 1. The van der Waals surface area contributed by atoms with E-state index in [0.717, 1.165) is 6.42 Å². The summed E-state index contributed by atoms with van der Waals surface area (Å²) < 4.78 is 16.0. The first-order valence-electron chi connectivity index (χ1n) is 5.82. The third-order valence-electron chi connectivity index (χ3n) is 2.80. The highest BCUT2D eigenvalue weighted by Crippen LogP contribution is 2.33. The lowest BCUT2D eigenvalue weighted by Crippen LogP contribution is -2.18. The molecular formula is C13H14O6. The van der Waals surface area contributed by atoms with Crippen molar-refractivity contribution in [3.63, 3.8) is 0 Å². The van der Waals surface area contributed by atoms with E-state index >= 15 is 0 Å². The van der Waals surface area contributed by atoms with Gasteiger partial charge < -0.3 is 19.3 Å². The van der Waals surface area contributed by atoms with Gasteiger partial charge in [-0.05, 0) is 12.1 Å². The molecule has 1 atom stereocenters. The molecule has 1 aromatic carbocycles. The first-order chi connectivity index (χ1) is 9.13. The van der Waals surface area contributed by atoms with Crippen LogP contribution in [0.1, 0.15) is 16.8 Å². The molecule has 0 aromatic heterocycles. The van der Waals surface area contributed by atoms with Crippen molar-refractivity contribution in [3.8, 4) is 11.5 Å². The van der Waals surface area contributed by atoms with Gasteiger partial charge in [0, 0.05) is 6.42 Å². The zero-order valence-corrected chi connectivity index (χ0v) is 10.4. The number of methoxy groups -OCH3 is 1. The van der Waals surface area contributed by atoms with Gasteiger partial charge in [0.15, 0.2) is 11.5 Å². The van der Waals surface area contributed by atoms with Crippen molar-refractivity contribution in [3.05, 3.63) is 23.8 Å². The summed E-state index contributed by atoms with van der Waals surface area (Å²) in [6, 6.07) is 4.59. The molecule has 1 fully saturated rings. The van der Waals surface area contributed by atoms with Crippen molar-refractivity contribution in [1.29, 1.82) is 0 Å². The topological polar surface area (TPSA) is 82.1 Å². The molecule has 1 aliphatic heterocycles. The Balaban J connectivity index is 2.30. The fourth-order valence-electron chi connectivity index (χ4n) is 1.90. The zero-order chi connectivity index (χ0) is 13.8. The maximum Gasteiger partial charge on any atom is 0.377 e. The first-order valence-corrected chi connectivity index (χ1v) is 5.82. The summed E-state index contributed by atoms with van der Waals surface area (Å²) in [5.41, 5.74) is -0.0218. The molecule has 102 valence electrons. The van der Waals surface area contributed by atoms with Crippen LogP contribution in [0.3, 0.4) is 0 Å². The van der Waals surface area contributed by atoms with Crippen LogP contribution in [0.15, 0.2) is 18.2 Å². The zero-order valence-electron chi connectivity index (χ0n) is 10.4. The standard InChI is InChI=1S/C13H14O6/c1-17-12-9(11(14)13(15)16)3-2-4-10(12)19-8-5-6-18-7-8/h2-4,8H,5-7H2,1H3,(H,15,16). The Kier molecular flexibility index (Phi) is 4.01. The SMILES string of the molecule is COc1c(OC2CCOC2)cccc1C(=O)C(=O)O. The Hall–Kier alpha value is -2.08. The highest BCUT2D eigenvalue weighted by Gasteiger charge is 2.24. The van der Waals surface area contributed by atoms with E-state index in [1.807, 2.05) is 0 Å². The molecule has 1 unspecified atom stereocenters. The fraction of sp³-hybridized carbons (Fsp3) is 0.385. The molecule has 1 aromatic rings. The predicted octanol–water partition coefficient (Wildman–Crippen LogP) is 1.13. The lowest BCUT2D eigenvalue weighted by molar-refractivity contribution is -0.131. The number of para-hydroxylation sites is 1. The Morgan fingerprint density at radius 2 is 2.21 bits per heavy atom. The molecule has 0 radical (unpaired) electrons. The molecule has 1 aliphatic rings. The smallest absolute Gasteiger partial charge is 0.377 e. The molecule has 0 saturated carbocycles. The Bertz CT molecular complexity index is 490. The van der Waals surface area contributed by atoms with Crippen LogP contribution in [0.25, 0.3) is 0 Å². The molecule has 0 aliphatic carbocycles. The quantitative estimate of drug-likeness (QED) is 0.635. The Morgan fingerprint density at radius 3 is 2.79 bits per heavy atom. The van der Waals surface area contributed by atoms with Crippen LogP contribution in [0, 0.1) is 0 Å². The van der Waals surface area contributed by atoms with E-state index in [1.54, 1.807) is 12.1 Å². The second kappa shape index (κ2) is 5.71. The van der Waals surface area contributed by atoms with Crippen LogP contribution >= 0.6 is 0 Å². The number of benzene rings is 1. The van der Waals surface area contributed by atoms with Crippen LogP contribution < -0.4 is 9.47 Å². The highest BCUT2D eigenvalue weighted by molar-refractivity contribution is 6.40. The second-order valence-electron chi connectivity index (χ2n) is 4.07. The van der Waals surface area contributed by atoms with E-state index in [1.165, 1.54) is 13.2 Å². The maximum absolute atomic E-state index is 11.6. The van der Waals surface area contributed by atoms with Gasteiger partial charge in [-0.2, -0.15) is 0 Å². The lowest BCUT2D eigenvalue weighted by atomic mass is 10.1. The molecule has 1 heterocycles. The summed E-state index contributed by atoms with van der Waals surface area (Å²) in [5.74, 6) is -2.06. The summed E-state index contributed by atoms with van der Waals surface area (Å²) >= 11 is 0. The summed E-state index contributed by atoms with van der Waals surface area (Å²) in [5, 5.41) is 8.76. The maximum atomic E-state index is 11.6. The van der Waals surface area contributed by atoms with Crippen LogP contribution in [0.4, 0.5) is 0 Å². The molecule has 0 bridgehead atoms. The van der Waals surface area contributed by atoms with Gasteiger partial charge in [-0.25, -0.2) is 4.79 Å². The molecule has 2 rings (SSSR count). The van der Waals surface area contributed by atoms with Crippen molar-refractivity contribution < 1.29 is 28.9 Å². The van der Waals surface area contributed by atoms with Crippen LogP contribution in [0.2, 0.25) is 0 Å². The summed E-state index contributed by atoms with van der Waals surface area (Å²) in [4.78, 5) is 22.3. The molecule has 1 saturated heterocycles. The average molecular weight is 266 g/mol. The molecule has 0 amide bonds. The second-order valence-corrected chi connectivity index (χ2v) is 4.07. The fourth-order valence-corrected chi connectivity index (χ4v) is 1.90. The largest absolute Gasteiger partial charge is 0.492 e. The van der Waals surface area contributed by atoms with Gasteiger partial charge in [-0.3, -0.25) is 4.79 Å². The predicted molar refractivity (Wildman–Crippen MR) is 64.8 cm³/mol. The van der Waals surface area contributed by atoms with Gasteiger partial charge in [-0.15, -0.1) is 0 Å². The van der Waals surface area contributed by atoms with Crippen molar-refractivity contribution in [2.75, 3.05) is 20.3 Å². The molecule has 6 nitrogen and oxygen atoms in total. The van der Waals surface area contributed by atoms with Crippen LogP contribution in [-0.4, -0.2) is 43.3 Å². The number of hydrogen-bond donors (Lipinski definition) is 1. The monoisotopic (exact) mass is 266 g/mol. The summed E-state index contributed by atoms with van der Waals surface area (Å²) in [6.07, 6.45) is 0.643. The highest BCUT2D eigenvalue weighted by atomic mass is 16.6. The molecule has 19 heavy (non-hydrogen) atoms. The van der Waals surface area contributed by atoms with Crippen LogP contribution in [-0.2, 0) is 9.53 Å². The van der Waals surface area contributed by atoms with Gasteiger partial charge in [0.05, 0.1) is 25.9 Å². The van der Waals surface area contributed by atoms with Crippen molar-refractivity contribution in [1.82, 2.24) is 0 Å². The Labute approximate surface area is 109 Å². The van der Waals surface area contributed by atoms with Gasteiger partial charge in [0.25, 0.3) is 5.78 Å². The number of ketones is 1. The number of hydrogen-bond acceptors (Lipinski definition) is 5. The van der Waals surface area contributed by atoms with Crippen LogP contribution in [0.5, 0.6) is 11.5 Å². The van der Waals surface area contributed by atoms with E-state index < -0.39 is 11.8 Å². The number of Topliss-reactive ketones (excluding diaryl/α,β-unsaturated/α-hetero) is 1. The number of rotatable bonds is 5. The minimum atomic E-state index is -1.53. The van der Waals surface area contributed by atoms with Gasteiger partial charge in [-0.1, -0.05) is 6.07 Å². The van der Waals surface area contributed by atoms with Gasteiger partial charge in [0.2, 0.25) is 0 Å².